The summed E-state index contributed by atoms with van der Waals surface area (Å²) in [4.78, 5) is 26.0. The molecule has 0 spiro atoms. The van der Waals surface area contributed by atoms with Crippen molar-refractivity contribution in [3.05, 3.63) is 24.3 Å². The van der Waals surface area contributed by atoms with Gasteiger partial charge >= 0.3 is 5.97 Å². The monoisotopic (exact) mass is 642 g/mol. The highest BCUT2D eigenvalue weighted by Gasteiger charge is 2.49. The van der Waals surface area contributed by atoms with Crippen molar-refractivity contribution < 1.29 is 63.2 Å². The molecule has 4 aliphatic rings. The predicted octanol–water partition coefficient (Wildman–Crippen LogP) is 0.789. The van der Waals surface area contributed by atoms with Gasteiger partial charge in [0.15, 0.2) is 18.4 Å². The van der Waals surface area contributed by atoms with Gasteiger partial charge in [0.2, 0.25) is 0 Å². The quantitative estimate of drug-likeness (QED) is 0.236. The number of hydrogen-bond donors (Lipinski definition) is 4. The van der Waals surface area contributed by atoms with E-state index in [-0.39, 0.29) is 36.8 Å². The lowest BCUT2D eigenvalue weighted by molar-refractivity contribution is -0.301. The van der Waals surface area contributed by atoms with Crippen molar-refractivity contribution in [3.8, 4) is 0 Å². The third kappa shape index (κ3) is 9.19. The van der Waals surface area contributed by atoms with Gasteiger partial charge in [-0.25, -0.2) is 4.79 Å². The van der Waals surface area contributed by atoms with E-state index in [1.54, 1.807) is 32.9 Å². The fourth-order valence-corrected chi connectivity index (χ4v) is 6.07. The van der Waals surface area contributed by atoms with E-state index in [1.165, 1.54) is 19.3 Å². The molecule has 0 aliphatic carbocycles. The van der Waals surface area contributed by atoms with Crippen LogP contribution < -0.4 is 0 Å². The molecule has 16 atom stereocenters. The number of carbonyl (C=O) groups is 2. The van der Waals surface area contributed by atoms with Gasteiger partial charge in [-0.05, 0) is 45.8 Å². The van der Waals surface area contributed by atoms with Crippen LogP contribution in [0.1, 0.15) is 53.9 Å². The summed E-state index contributed by atoms with van der Waals surface area (Å²) in [6, 6.07) is 0. The van der Waals surface area contributed by atoms with E-state index in [9.17, 15) is 30.0 Å². The van der Waals surface area contributed by atoms with Crippen LogP contribution in [-0.2, 0) is 42.7 Å². The molecule has 0 saturated carbocycles. The molecule has 4 aliphatic heterocycles. The zero-order valence-corrected chi connectivity index (χ0v) is 26.8. The van der Waals surface area contributed by atoms with Gasteiger partial charge in [-0.2, -0.15) is 0 Å². The van der Waals surface area contributed by atoms with Crippen LogP contribution in [-0.4, -0.2) is 126 Å². The van der Waals surface area contributed by atoms with Gasteiger partial charge in [0.25, 0.3) is 0 Å². The lowest BCUT2D eigenvalue weighted by atomic mass is 9.92. The molecule has 4 heterocycles. The zero-order chi connectivity index (χ0) is 33.0. The molecule has 4 N–H and O–H groups in total. The Morgan fingerprint density at radius 2 is 1.58 bits per heavy atom. The number of esters is 1. The number of ether oxygens (including phenoxy) is 7. The molecular weight excluding hydrogens is 592 g/mol. The number of ketones is 1. The SMILES string of the molecule is COC1C(OCC2C(C)OC(=O)C=CC(C)C(OC3OC(C)CC(O)C3O)CCC(C)C(=O)C=CC3OC32)OC(C)C(O)C1O. The van der Waals surface area contributed by atoms with Crippen molar-refractivity contribution >= 4 is 11.8 Å². The van der Waals surface area contributed by atoms with E-state index in [2.05, 4.69) is 0 Å². The van der Waals surface area contributed by atoms with E-state index in [0.717, 1.165) is 0 Å². The molecular formula is C32H50O13. The Morgan fingerprint density at radius 1 is 0.844 bits per heavy atom. The summed E-state index contributed by atoms with van der Waals surface area (Å²) in [5.41, 5.74) is 0. The van der Waals surface area contributed by atoms with E-state index >= 15 is 0 Å². The van der Waals surface area contributed by atoms with Gasteiger partial charge in [0.05, 0.1) is 37.1 Å². The number of aliphatic hydroxyl groups excluding tert-OH is 4. The number of methoxy groups -OCH3 is 1. The van der Waals surface area contributed by atoms with E-state index in [1.807, 2.05) is 13.8 Å². The van der Waals surface area contributed by atoms with Gasteiger partial charge in [0, 0.05) is 37.4 Å². The molecule has 0 aromatic carbocycles. The fraction of sp³-hybridized carbons (Fsp3) is 0.812. The molecule has 13 heteroatoms. The average molecular weight is 643 g/mol. The first-order chi connectivity index (χ1) is 21.3. The summed E-state index contributed by atoms with van der Waals surface area (Å²) in [7, 11) is 1.38. The Morgan fingerprint density at radius 3 is 2.29 bits per heavy atom. The Hall–Kier alpha value is -1.78. The number of epoxide rings is 1. The third-order valence-electron chi connectivity index (χ3n) is 9.26. The standard InChI is InChI=1S/C32H50O13/c1-15-7-10-23(45-31-27(37)22(34)13-17(3)41-31)16(2)8-12-25(35)42-18(4)20(29-24(44-29)11-9-21(15)33)14-40-32-30(39-6)28(38)26(36)19(5)43-32/h8-9,11-12,15-20,22-24,26-32,34,36-38H,7,10,13-14H2,1-6H3. The smallest absolute Gasteiger partial charge is 0.330 e. The van der Waals surface area contributed by atoms with Crippen LogP contribution in [0.5, 0.6) is 0 Å². The van der Waals surface area contributed by atoms with Crippen LogP contribution in [0, 0.1) is 17.8 Å². The van der Waals surface area contributed by atoms with Crippen LogP contribution in [0.25, 0.3) is 0 Å². The normalized spacial score (nSPS) is 46.8. The molecule has 3 fully saturated rings. The molecule has 0 aromatic heterocycles. The van der Waals surface area contributed by atoms with Crippen molar-refractivity contribution in [2.75, 3.05) is 13.7 Å². The summed E-state index contributed by atoms with van der Waals surface area (Å²) >= 11 is 0. The van der Waals surface area contributed by atoms with Crippen molar-refractivity contribution in [2.45, 2.75) is 134 Å². The van der Waals surface area contributed by atoms with Gasteiger partial charge in [-0.15, -0.1) is 0 Å². The van der Waals surface area contributed by atoms with Crippen LogP contribution in [0.4, 0.5) is 0 Å². The minimum Gasteiger partial charge on any atom is -0.459 e. The number of aliphatic hydroxyl groups is 4. The summed E-state index contributed by atoms with van der Waals surface area (Å²) in [5, 5.41) is 41.4. The first-order valence-corrected chi connectivity index (χ1v) is 15.9. The maximum Gasteiger partial charge on any atom is 0.330 e. The largest absolute Gasteiger partial charge is 0.459 e. The Kier molecular flexibility index (Phi) is 12.7. The van der Waals surface area contributed by atoms with Crippen molar-refractivity contribution in [1.82, 2.24) is 0 Å². The number of hydrogen-bond acceptors (Lipinski definition) is 13. The molecule has 0 aromatic rings. The summed E-state index contributed by atoms with van der Waals surface area (Å²) in [6.45, 7) is 8.82. The van der Waals surface area contributed by atoms with Crippen molar-refractivity contribution in [1.29, 1.82) is 0 Å². The molecule has 16 unspecified atom stereocenters. The van der Waals surface area contributed by atoms with Gasteiger partial charge in [-0.3, -0.25) is 4.79 Å². The fourth-order valence-electron chi connectivity index (χ4n) is 6.07. The number of rotatable bonds is 6. The van der Waals surface area contributed by atoms with Gasteiger partial charge in [-0.1, -0.05) is 19.9 Å². The summed E-state index contributed by atoms with van der Waals surface area (Å²) in [5.74, 6) is -1.81. The Bertz CT molecular complexity index is 1050. The molecule has 45 heavy (non-hydrogen) atoms. The predicted molar refractivity (Wildman–Crippen MR) is 157 cm³/mol. The minimum atomic E-state index is -1.23. The first kappa shape index (κ1) is 36.1. The average Bonchev–Trinajstić information content (AvgIpc) is 3.76. The molecule has 4 rings (SSSR count). The second-order valence-corrected chi connectivity index (χ2v) is 12.8. The molecule has 256 valence electrons. The number of allylic oxidation sites excluding steroid dienone is 1. The van der Waals surface area contributed by atoms with E-state index in [0.29, 0.717) is 12.8 Å². The van der Waals surface area contributed by atoms with Crippen molar-refractivity contribution in [2.24, 2.45) is 17.8 Å². The van der Waals surface area contributed by atoms with Crippen LogP contribution in [0.3, 0.4) is 0 Å². The van der Waals surface area contributed by atoms with E-state index < -0.39 is 85.5 Å². The highest BCUT2D eigenvalue weighted by Crippen LogP contribution is 2.36. The maximum absolute atomic E-state index is 13.0. The molecule has 0 bridgehead atoms. The van der Waals surface area contributed by atoms with Gasteiger partial charge in [0.1, 0.15) is 36.6 Å². The third-order valence-corrected chi connectivity index (χ3v) is 9.26. The van der Waals surface area contributed by atoms with Crippen molar-refractivity contribution in [3.63, 3.8) is 0 Å². The maximum atomic E-state index is 13.0. The highest BCUT2D eigenvalue weighted by molar-refractivity contribution is 5.91. The van der Waals surface area contributed by atoms with Crippen LogP contribution in [0.15, 0.2) is 24.3 Å². The molecule has 3 saturated heterocycles. The Labute approximate surface area is 264 Å². The highest BCUT2D eigenvalue weighted by atomic mass is 16.7. The molecule has 0 amide bonds. The van der Waals surface area contributed by atoms with Crippen LogP contribution >= 0.6 is 0 Å². The lowest BCUT2D eigenvalue weighted by Gasteiger charge is -2.41. The lowest BCUT2D eigenvalue weighted by Crippen LogP contribution is -2.58. The summed E-state index contributed by atoms with van der Waals surface area (Å²) in [6.07, 6.45) is -3.25. The van der Waals surface area contributed by atoms with E-state index in [4.69, 9.17) is 33.2 Å². The molecule has 13 nitrogen and oxygen atoms in total. The van der Waals surface area contributed by atoms with Gasteiger partial charge < -0.3 is 53.6 Å². The second-order valence-electron chi connectivity index (χ2n) is 12.8. The zero-order valence-electron chi connectivity index (χ0n) is 26.8. The number of fused-ring (bicyclic) bond motifs is 1. The van der Waals surface area contributed by atoms with Crippen LogP contribution in [0.2, 0.25) is 0 Å². The Balaban J connectivity index is 1.49. The topological polar surface area (TPSA) is 183 Å². The number of cyclic esters (lactones) is 1. The minimum absolute atomic E-state index is 0.0118. The first-order valence-electron chi connectivity index (χ1n) is 15.9. The number of carbonyl (C=O) groups excluding carboxylic acids is 2. The second kappa shape index (κ2) is 15.9. The molecule has 0 radical (unpaired) electrons. The summed E-state index contributed by atoms with van der Waals surface area (Å²) < 4.78 is 40.7.